The van der Waals surface area contributed by atoms with Gasteiger partial charge in [0.25, 0.3) is 5.69 Å². The van der Waals surface area contributed by atoms with Gasteiger partial charge >= 0.3 is 0 Å². The van der Waals surface area contributed by atoms with Crippen molar-refractivity contribution in [2.45, 2.75) is 31.8 Å². The van der Waals surface area contributed by atoms with Crippen molar-refractivity contribution in [2.75, 3.05) is 13.2 Å². The zero-order valence-corrected chi connectivity index (χ0v) is 10.6. The highest BCUT2D eigenvalue weighted by atomic mass is 19.1. The largest absolute Gasteiger partial charge is 0.395 e. The van der Waals surface area contributed by atoms with Gasteiger partial charge in [0, 0.05) is 18.7 Å². The van der Waals surface area contributed by atoms with Crippen molar-refractivity contribution in [2.24, 2.45) is 0 Å². The third kappa shape index (κ3) is 3.08. The van der Waals surface area contributed by atoms with Gasteiger partial charge in [0.2, 0.25) is 0 Å². The van der Waals surface area contributed by atoms with Crippen LogP contribution in [-0.2, 0) is 6.54 Å². The van der Waals surface area contributed by atoms with E-state index in [4.69, 9.17) is 0 Å². The molecule has 0 amide bonds. The molecule has 1 heterocycles. The Morgan fingerprint density at radius 3 is 2.95 bits per heavy atom. The fourth-order valence-electron chi connectivity index (χ4n) is 2.55. The Hall–Kier alpha value is -1.53. The number of aliphatic hydroxyl groups is 1. The van der Waals surface area contributed by atoms with Gasteiger partial charge < -0.3 is 5.11 Å². The normalized spacial score (nSPS) is 20.4. The van der Waals surface area contributed by atoms with E-state index in [0.29, 0.717) is 0 Å². The first-order valence-electron chi connectivity index (χ1n) is 6.40. The van der Waals surface area contributed by atoms with Crippen LogP contribution in [0.2, 0.25) is 0 Å². The first-order chi connectivity index (χ1) is 9.13. The van der Waals surface area contributed by atoms with Crippen molar-refractivity contribution >= 4 is 5.69 Å². The highest BCUT2D eigenvalue weighted by molar-refractivity contribution is 5.40. The molecule has 1 saturated heterocycles. The van der Waals surface area contributed by atoms with Crippen LogP contribution in [0.5, 0.6) is 0 Å². The summed E-state index contributed by atoms with van der Waals surface area (Å²) in [7, 11) is 0. The number of nitro groups is 1. The van der Waals surface area contributed by atoms with Gasteiger partial charge in [0.15, 0.2) is 0 Å². The lowest BCUT2D eigenvalue weighted by atomic mass is 10.0. The quantitative estimate of drug-likeness (QED) is 0.670. The zero-order chi connectivity index (χ0) is 13.8. The van der Waals surface area contributed by atoms with E-state index in [2.05, 4.69) is 0 Å². The minimum Gasteiger partial charge on any atom is -0.395 e. The van der Waals surface area contributed by atoms with Gasteiger partial charge in [-0.25, -0.2) is 4.39 Å². The molecule has 1 atom stereocenters. The number of nitrogens with zero attached hydrogens (tertiary/aromatic N) is 2. The van der Waals surface area contributed by atoms with Gasteiger partial charge in [-0.2, -0.15) is 0 Å². The van der Waals surface area contributed by atoms with Gasteiger partial charge in [-0.15, -0.1) is 0 Å². The molecule has 1 N–H and O–H groups in total. The van der Waals surface area contributed by atoms with Crippen molar-refractivity contribution in [3.05, 3.63) is 39.7 Å². The van der Waals surface area contributed by atoms with E-state index in [0.717, 1.165) is 25.8 Å². The van der Waals surface area contributed by atoms with Crippen LogP contribution < -0.4 is 0 Å². The van der Waals surface area contributed by atoms with Gasteiger partial charge in [-0.05, 0) is 25.5 Å². The molecular formula is C13H17FN2O3. The van der Waals surface area contributed by atoms with Gasteiger partial charge in [-0.1, -0.05) is 12.5 Å². The molecule has 1 aromatic rings. The molecule has 1 aliphatic rings. The fourth-order valence-corrected chi connectivity index (χ4v) is 2.55. The second-order valence-corrected chi connectivity index (χ2v) is 4.80. The van der Waals surface area contributed by atoms with Crippen molar-refractivity contribution in [1.29, 1.82) is 0 Å². The Morgan fingerprint density at radius 1 is 1.47 bits per heavy atom. The van der Waals surface area contributed by atoms with Gasteiger partial charge in [0.1, 0.15) is 5.82 Å². The third-order valence-corrected chi connectivity index (χ3v) is 3.61. The molecule has 1 unspecified atom stereocenters. The molecule has 19 heavy (non-hydrogen) atoms. The highest BCUT2D eigenvalue weighted by Gasteiger charge is 2.26. The molecule has 6 heteroatoms. The minimum absolute atomic E-state index is 0.00223. The second kappa shape index (κ2) is 6.08. The zero-order valence-electron chi connectivity index (χ0n) is 10.6. The summed E-state index contributed by atoms with van der Waals surface area (Å²) in [6.45, 7) is 0.910. The molecule has 5 nitrogen and oxygen atoms in total. The number of likely N-dealkylation sites (tertiary alicyclic amines) is 1. The average molecular weight is 268 g/mol. The lowest BCUT2D eigenvalue weighted by Gasteiger charge is -2.34. The van der Waals surface area contributed by atoms with Gasteiger partial charge in [0.05, 0.1) is 17.1 Å². The van der Waals surface area contributed by atoms with E-state index in [9.17, 15) is 19.6 Å². The number of rotatable bonds is 4. The van der Waals surface area contributed by atoms with Crippen molar-refractivity contribution in [1.82, 2.24) is 4.90 Å². The topological polar surface area (TPSA) is 66.6 Å². The molecule has 1 aliphatic heterocycles. The van der Waals surface area contributed by atoms with Crippen molar-refractivity contribution in [3.63, 3.8) is 0 Å². The van der Waals surface area contributed by atoms with Crippen LogP contribution in [0.4, 0.5) is 10.1 Å². The Bertz CT molecular complexity index is 467. The number of hydrogen-bond acceptors (Lipinski definition) is 4. The maximum atomic E-state index is 13.8. The number of aliphatic hydroxyl groups excluding tert-OH is 1. The molecule has 2 rings (SSSR count). The summed E-state index contributed by atoms with van der Waals surface area (Å²) in [6.07, 6.45) is 2.85. The summed E-state index contributed by atoms with van der Waals surface area (Å²) in [5, 5.41) is 20.3. The smallest absolute Gasteiger partial charge is 0.276 e. The van der Waals surface area contributed by atoms with Crippen LogP contribution in [0, 0.1) is 15.9 Å². The van der Waals surface area contributed by atoms with Crippen molar-refractivity contribution < 1.29 is 14.4 Å². The third-order valence-electron chi connectivity index (χ3n) is 3.61. The Morgan fingerprint density at radius 2 is 2.26 bits per heavy atom. The van der Waals surface area contributed by atoms with E-state index in [-0.39, 0.29) is 30.4 Å². The van der Waals surface area contributed by atoms with E-state index in [1.165, 1.54) is 18.2 Å². The molecular weight excluding hydrogens is 251 g/mol. The molecule has 0 spiro atoms. The molecule has 0 aliphatic carbocycles. The Labute approximate surface area is 110 Å². The summed E-state index contributed by atoms with van der Waals surface area (Å²) in [6, 6.07) is 3.86. The molecule has 0 aromatic heterocycles. The highest BCUT2D eigenvalue weighted by Crippen LogP contribution is 2.26. The molecule has 0 radical (unpaired) electrons. The summed E-state index contributed by atoms with van der Waals surface area (Å²) in [5.74, 6) is -0.559. The summed E-state index contributed by atoms with van der Waals surface area (Å²) >= 11 is 0. The molecule has 1 fully saturated rings. The van der Waals surface area contributed by atoms with E-state index in [1.807, 2.05) is 4.90 Å². The molecule has 0 bridgehead atoms. The Kier molecular flexibility index (Phi) is 4.44. The maximum Gasteiger partial charge on any atom is 0.276 e. The van der Waals surface area contributed by atoms with Crippen molar-refractivity contribution in [3.8, 4) is 0 Å². The van der Waals surface area contributed by atoms with Crippen LogP contribution >= 0.6 is 0 Å². The lowest BCUT2D eigenvalue weighted by molar-refractivity contribution is -0.386. The Balaban J connectivity index is 2.24. The minimum atomic E-state index is -0.559. The number of piperidine rings is 1. The van der Waals surface area contributed by atoms with Crippen LogP contribution in [-0.4, -0.2) is 34.1 Å². The van der Waals surface area contributed by atoms with Gasteiger partial charge in [-0.3, -0.25) is 15.0 Å². The number of benzene rings is 1. The van der Waals surface area contributed by atoms with Crippen LogP contribution in [0.25, 0.3) is 0 Å². The van der Waals surface area contributed by atoms with Crippen LogP contribution in [0.3, 0.4) is 0 Å². The maximum absolute atomic E-state index is 13.8. The number of halogens is 1. The first kappa shape index (κ1) is 13.9. The van der Waals surface area contributed by atoms with E-state index >= 15 is 0 Å². The second-order valence-electron chi connectivity index (χ2n) is 4.80. The standard InChI is InChI=1S/C13H17FN2O3/c14-12-5-3-6-13(16(18)19)11(12)8-15-7-2-1-4-10(15)9-17/h3,5-6,10,17H,1-2,4,7-9H2. The predicted molar refractivity (Wildman–Crippen MR) is 68.2 cm³/mol. The van der Waals surface area contributed by atoms with E-state index in [1.54, 1.807) is 0 Å². The van der Waals surface area contributed by atoms with Crippen LogP contribution in [0.15, 0.2) is 18.2 Å². The summed E-state index contributed by atoms with van der Waals surface area (Å²) < 4.78 is 13.8. The molecule has 1 aromatic carbocycles. The first-order valence-corrected chi connectivity index (χ1v) is 6.40. The fraction of sp³-hybridized carbons (Fsp3) is 0.538. The lowest BCUT2D eigenvalue weighted by Crippen LogP contribution is -2.41. The predicted octanol–water partition coefficient (Wildman–Crippen LogP) is 2.08. The van der Waals surface area contributed by atoms with E-state index < -0.39 is 10.7 Å². The monoisotopic (exact) mass is 268 g/mol. The number of nitro benzene ring substituents is 1. The molecule has 104 valence electrons. The molecule has 0 saturated carbocycles. The number of hydrogen-bond donors (Lipinski definition) is 1. The summed E-state index contributed by atoms with van der Waals surface area (Å²) in [5.41, 5.74) is -0.0879. The summed E-state index contributed by atoms with van der Waals surface area (Å²) in [4.78, 5) is 12.3. The van der Waals surface area contributed by atoms with Crippen LogP contribution in [0.1, 0.15) is 24.8 Å². The average Bonchev–Trinajstić information content (AvgIpc) is 2.41. The SMILES string of the molecule is O=[N+]([O-])c1cccc(F)c1CN1CCCCC1CO.